The van der Waals surface area contributed by atoms with Crippen molar-refractivity contribution in [3.63, 3.8) is 0 Å². The second kappa shape index (κ2) is 11.5. The van der Waals surface area contributed by atoms with Crippen molar-refractivity contribution >= 4 is 23.8 Å². The topological polar surface area (TPSA) is 131 Å². The average Bonchev–Trinajstić information content (AvgIpc) is 2.61. The van der Waals surface area contributed by atoms with Gasteiger partial charge in [0.05, 0.1) is 0 Å². The highest BCUT2D eigenvalue weighted by Crippen LogP contribution is 2.06. The number of carbonyl (C=O) groups is 4. The van der Waals surface area contributed by atoms with E-state index in [0.29, 0.717) is 11.6 Å². The Morgan fingerprint density at radius 3 is 2.34 bits per heavy atom. The van der Waals surface area contributed by atoms with Crippen molar-refractivity contribution in [1.29, 1.82) is 0 Å². The Hall–Kier alpha value is -3.36. The van der Waals surface area contributed by atoms with Gasteiger partial charge in [0.15, 0.2) is 0 Å². The quantitative estimate of drug-likeness (QED) is 0.339. The van der Waals surface area contributed by atoms with Crippen LogP contribution in [-0.2, 0) is 25.5 Å². The van der Waals surface area contributed by atoms with Gasteiger partial charge in [-0.3, -0.25) is 14.4 Å². The molecule has 0 aliphatic carbocycles. The lowest BCUT2D eigenvalue weighted by Gasteiger charge is -2.24. The largest absolute Gasteiger partial charge is 0.443 e. The zero-order chi connectivity index (χ0) is 21.9. The molecule has 1 rings (SSSR count). The van der Waals surface area contributed by atoms with Crippen molar-refractivity contribution in [1.82, 2.24) is 15.8 Å². The van der Waals surface area contributed by atoms with Gasteiger partial charge in [-0.15, -0.1) is 0 Å². The van der Waals surface area contributed by atoms with Gasteiger partial charge in [-0.1, -0.05) is 30.3 Å². The fraction of sp³-hybridized carbons (Fsp3) is 0.400. The minimum Gasteiger partial charge on any atom is -0.443 e. The summed E-state index contributed by atoms with van der Waals surface area (Å²) in [5, 5.41) is 3.34. The SMILES string of the molecule is CC(C)(C)OC(=O)NN(CC(N)=O)C(=O)/C=C/C(=O)NCCCc1ccccc1. The van der Waals surface area contributed by atoms with E-state index < -0.39 is 36.0 Å². The lowest BCUT2D eigenvalue weighted by molar-refractivity contribution is -0.134. The van der Waals surface area contributed by atoms with E-state index in [4.69, 9.17) is 10.5 Å². The number of primary amides is 1. The Morgan fingerprint density at radius 2 is 1.76 bits per heavy atom. The zero-order valence-corrected chi connectivity index (χ0v) is 16.9. The molecule has 0 fully saturated rings. The average molecular weight is 404 g/mol. The lowest BCUT2D eigenvalue weighted by Crippen LogP contribution is -2.50. The van der Waals surface area contributed by atoms with Crippen LogP contribution < -0.4 is 16.5 Å². The zero-order valence-electron chi connectivity index (χ0n) is 16.9. The highest BCUT2D eigenvalue weighted by Gasteiger charge is 2.21. The third-order valence-electron chi connectivity index (χ3n) is 3.37. The number of amides is 4. The third kappa shape index (κ3) is 11.2. The van der Waals surface area contributed by atoms with E-state index in [0.717, 1.165) is 25.0 Å². The van der Waals surface area contributed by atoms with Crippen LogP contribution in [0.15, 0.2) is 42.5 Å². The molecule has 4 amide bonds. The molecule has 0 spiro atoms. The van der Waals surface area contributed by atoms with Gasteiger partial charge in [-0.25, -0.2) is 15.2 Å². The van der Waals surface area contributed by atoms with Crippen LogP contribution in [0, 0.1) is 0 Å². The van der Waals surface area contributed by atoms with Gasteiger partial charge < -0.3 is 15.8 Å². The summed E-state index contributed by atoms with van der Waals surface area (Å²) in [6, 6.07) is 9.85. The Balaban J connectivity index is 2.49. The lowest BCUT2D eigenvalue weighted by atomic mass is 10.1. The molecule has 0 saturated carbocycles. The molecule has 158 valence electrons. The van der Waals surface area contributed by atoms with Crippen LogP contribution in [0.3, 0.4) is 0 Å². The molecule has 0 heterocycles. The van der Waals surface area contributed by atoms with Crippen molar-refractivity contribution in [3.8, 4) is 0 Å². The molecule has 0 saturated heterocycles. The van der Waals surface area contributed by atoms with Crippen molar-refractivity contribution in [2.24, 2.45) is 5.73 Å². The van der Waals surface area contributed by atoms with Crippen LogP contribution in [-0.4, -0.2) is 47.5 Å². The molecule has 0 radical (unpaired) electrons. The first-order chi connectivity index (χ1) is 13.6. The molecule has 0 aromatic heterocycles. The Kier molecular flexibility index (Phi) is 9.37. The van der Waals surface area contributed by atoms with E-state index in [1.54, 1.807) is 20.8 Å². The molecule has 1 aromatic carbocycles. The third-order valence-corrected chi connectivity index (χ3v) is 3.37. The molecule has 1 aromatic rings. The molecule has 4 N–H and O–H groups in total. The van der Waals surface area contributed by atoms with Crippen LogP contribution in [0.2, 0.25) is 0 Å². The number of carbonyl (C=O) groups excluding carboxylic acids is 4. The molecular formula is C20H28N4O5. The van der Waals surface area contributed by atoms with Crippen LogP contribution >= 0.6 is 0 Å². The summed E-state index contributed by atoms with van der Waals surface area (Å²) >= 11 is 0. The first kappa shape index (κ1) is 23.7. The van der Waals surface area contributed by atoms with Gasteiger partial charge in [0.1, 0.15) is 12.1 Å². The number of nitrogens with zero attached hydrogens (tertiary/aromatic N) is 1. The number of hydrogen-bond donors (Lipinski definition) is 3. The maximum atomic E-state index is 12.2. The number of ether oxygens (including phenoxy) is 1. The van der Waals surface area contributed by atoms with Gasteiger partial charge in [0, 0.05) is 18.7 Å². The number of hydrogen-bond acceptors (Lipinski definition) is 5. The predicted octanol–water partition coefficient (Wildman–Crippen LogP) is 1.05. The second-order valence-electron chi connectivity index (χ2n) is 7.22. The first-order valence-corrected chi connectivity index (χ1v) is 9.16. The minimum atomic E-state index is -0.925. The molecule has 0 bridgehead atoms. The predicted molar refractivity (Wildman–Crippen MR) is 107 cm³/mol. The number of rotatable bonds is 8. The van der Waals surface area contributed by atoms with E-state index in [9.17, 15) is 19.2 Å². The number of nitrogens with one attached hydrogen (secondary N) is 2. The Bertz CT molecular complexity index is 741. The van der Waals surface area contributed by atoms with Gasteiger partial charge in [0.2, 0.25) is 11.8 Å². The maximum Gasteiger partial charge on any atom is 0.426 e. The van der Waals surface area contributed by atoms with Crippen LogP contribution in [0.5, 0.6) is 0 Å². The summed E-state index contributed by atoms with van der Waals surface area (Å²) in [6.07, 6.45) is 2.59. The standard InChI is InChI=1S/C20H28N4O5/c1-20(2,3)29-19(28)23-24(14-16(21)25)18(27)12-11-17(26)22-13-7-10-15-8-5-4-6-9-15/h4-6,8-9,11-12H,7,10,13-14H2,1-3H3,(H2,21,25)(H,22,26)(H,23,28)/b12-11+. The van der Waals surface area contributed by atoms with Crippen molar-refractivity contribution in [2.75, 3.05) is 13.1 Å². The first-order valence-electron chi connectivity index (χ1n) is 9.16. The van der Waals surface area contributed by atoms with Crippen molar-refractivity contribution in [3.05, 3.63) is 48.0 Å². The highest BCUT2D eigenvalue weighted by molar-refractivity contribution is 5.98. The smallest absolute Gasteiger partial charge is 0.426 e. The minimum absolute atomic E-state index is 0.438. The van der Waals surface area contributed by atoms with E-state index in [1.165, 1.54) is 5.56 Å². The molecule has 0 aliphatic rings. The normalized spacial score (nSPS) is 11.0. The molecule has 9 heteroatoms. The number of hydrazine groups is 1. The number of nitrogens with two attached hydrogens (primary N) is 1. The van der Waals surface area contributed by atoms with Gasteiger partial charge in [0.25, 0.3) is 5.91 Å². The van der Waals surface area contributed by atoms with Crippen LogP contribution in [0.25, 0.3) is 0 Å². The summed E-state index contributed by atoms with van der Waals surface area (Å²) in [6.45, 7) is 4.81. The van der Waals surface area contributed by atoms with Crippen LogP contribution in [0.1, 0.15) is 32.8 Å². The van der Waals surface area contributed by atoms with Gasteiger partial charge >= 0.3 is 6.09 Å². The summed E-state index contributed by atoms with van der Waals surface area (Å²) in [5.41, 5.74) is 7.61. The maximum absolute atomic E-state index is 12.2. The monoisotopic (exact) mass is 404 g/mol. The van der Waals surface area contributed by atoms with E-state index in [-0.39, 0.29) is 0 Å². The highest BCUT2D eigenvalue weighted by atomic mass is 16.6. The summed E-state index contributed by atoms with van der Waals surface area (Å²) in [4.78, 5) is 47.0. The van der Waals surface area contributed by atoms with E-state index >= 15 is 0 Å². The van der Waals surface area contributed by atoms with E-state index in [1.807, 2.05) is 30.3 Å². The molecule has 9 nitrogen and oxygen atoms in total. The summed E-state index contributed by atoms with van der Waals surface area (Å²) in [5.74, 6) is -2.11. The Morgan fingerprint density at radius 1 is 1.10 bits per heavy atom. The van der Waals surface area contributed by atoms with Gasteiger partial charge in [-0.05, 0) is 39.2 Å². The number of benzene rings is 1. The van der Waals surface area contributed by atoms with E-state index in [2.05, 4.69) is 10.7 Å². The molecule has 0 unspecified atom stereocenters. The summed E-state index contributed by atoms with van der Waals surface area (Å²) in [7, 11) is 0. The van der Waals surface area contributed by atoms with Crippen LogP contribution in [0.4, 0.5) is 4.79 Å². The molecule has 29 heavy (non-hydrogen) atoms. The van der Waals surface area contributed by atoms with Crippen molar-refractivity contribution in [2.45, 2.75) is 39.2 Å². The molecular weight excluding hydrogens is 376 g/mol. The van der Waals surface area contributed by atoms with Gasteiger partial charge in [-0.2, -0.15) is 0 Å². The molecule has 0 aliphatic heterocycles. The number of aryl methyl sites for hydroxylation is 1. The fourth-order valence-electron chi connectivity index (χ4n) is 2.18. The van der Waals surface area contributed by atoms with Crippen molar-refractivity contribution < 1.29 is 23.9 Å². The summed E-state index contributed by atoms with van der Waals surface area (Å²) < 4.78 is 5.03. The fourth-order valence-corrected chi connectivity index (χ4v) is 2.18. The second-order valence-corrected chi connectivity index (χ2v) is 7.22. The molecule has 0 atom stereocenters. The Labute approximate surface area is 170 Å².